The molecule has 2 aromatic carbocycles. The summed E-state index contributed by atoms with van der Waals surface area (Å²) < 4.78 is 20.6. The van der Waals surface area contributed by atoms with Gasteiger partial charge in [0.15, 0.2) is 6.10 Å². The number of hydrogen-bond acceptors (Lipinski definition) is 4. The van der Waals surface area contributed by atoms with Crippen LogP contribution in [0.15, 0.2) is 54.7 Å². The highest BCUT2D eigenvalue weighted by atomic mass is 19.1. The number of amides is 2. The Balaban J connectivity index is 1.41. The third kappa shape index (κ3) is 4.21. The number of halogens is 1. The van der Waals surface area contributed by atoms with Crippen LogP contribution in [-0.4, -0.2) is 34.2 Å². The molecule has 166 valence electrons. The van der Waals surface area contributed by atoms with Gasteiger partial charge in [0.2, 0.25) is 5.91 Å². The molecule has 8 heteroatoms. The molecule has 2 atom stereocenters. The summed E-state index contributed by atoms with van der Waals surface area (Å²) in [6.45, 7) is 5.75. The van der Waals surface area contributed by atoms with Crippen LogP contribution in [0.1, 0.15) is 37.6 Å². The number of carbonyl (C=O) groups excluding carboxylic acids is 2. The lowest BCUT2D eigenvalue weighted by Gasteiger charge is -2.32. The number of ether oxygens (including phenoxy) is 1. The quantitative estimate of drug-likeness (QED) is 0.639. The molecule has 3 aromatic rings. The van der Waals surface area contributed by atoms with E-state index < -0.39 is 6.10 Å². The number of carbonyl (C=O) groups is 2. The number of benzene rings is 2. The Labute approximate surface area is 185 Å². The summed E-state index contributed by atoms with van der Waals surface area (Å²) >= 11 is 0. The van der Waals surface area contributed by atoms with Crippen molar-refractivity contribution in [3.05, 3.63) is 71.8 Å². The molecule has 1 aliphatic rings. The second-order valence-corrected chi connectivity index (χ2v) is 7.83. The van der Waals surface area contributed by atoms with Crippen LogP contribution in [0.25, 0.3) is 5.69 Å². The fraction of sp³-hybridized carbons (Fsp3) is 0.292. The molecule has 4 rings (SSSR count). The average Bonchev–Trinajstić information content (AvgIpc) is 3.16. The van der Waals surface area contributed by atoms with E-state index in [1.807, 2.05) is 38.1 Å². The zero-order chi connectivity index (χ0) is 22.8. The number of para-hydroxylation sites is 2. The lowest BCUT2D eigenvalue weighted by Crippen LogP contribution is -2.45. The van der Waals surface area contributed by atoms with Crippen molar-refractivity contribution in [2.24, 2.45) is 0 Å². The summed E-state index contributed by atoms with van der Waals surface area (Å²) in [6, 6.07) is 13.1. The maximum Gasteiger partial charge on any atom is 0.267 e. The van der Waals surface area contributed by atoms with Gasteiger partial charge in [-0.25, -0.2) is 9.07 Å². The van der Waals surface area contributed by atoms with E-state index in [0.717, 1.165) is 16.9 Å². The van der Waals surface area contributed by atoms with E-state index in [1.165, 1.54) is 12.1 Å². The Morgan fingerprint density at radius 1 is 1.22 bits per heavy atom. The number of aromatic nitrogens is 2. The van der Waals surface area contributed by atoms with Crippen LogP contribution in [0.2, 0.25) is 0 Å². The molecule has 2 heterocycles. The van der Waals surface area contributed by atoms with Crippen molar-refractivity contribution in [2.45, 2.75) is 39.3 Å². The van der Waals surface area contributed by atoms with Gasteiger partial charge in [0.05, 0.1) is 23.6 Å². The van der Waals surface area contributed by atoms with Crippen LogP contribution in [0.3, 0.4) is 0 Å². The number of nitrogens with zero attached hydrogens (tertiary/aromatic N) is 3. The second-order valence-electron chi connectivity index (χ2n) is 7.83. The normalized spacial score (nSPS) is 16.3. The van der Waals surface area contributed by atoms with Crippen LogP contribution < -0.4 is 15.0 Å². The van der Waals surface area contributed by atoms with Gasteiger partial charge < -0.3 is 15.0 Å². The molecule has 1 aromatic heterocycles. The predicted octanol–water partition coefficient (Wildman–Crippen LogP) is 3.70. The largest absolute Gasteiger partial charge is 0.479 e. The zero-order valence-corrected chi connectivity index (χ0v) is 18.2. The van der Waals surface area contributed by atoms with Crippen molar-refractivity contribution in [1.29, 1.82) is 0 Å². The van der Waals surface area contributed by atoms with Gasteiger partial charge in [-0.2, -0.15) is 5.10 Å². The van der Waals surface area contributed by atoms with Gasteiger partial charge in [-0.15, -0.1) is 0 Å². The Hall–Kier alpha value is -3.68. The van der Waals surface area contributed by atoms with Crippen molar-refractivity contribution in [3.63, 3.8) is 0 Å². The van der Waals surface area contributed by atoms with E-state index in [4.69, 9.17) is 4.74 Å². The van der Waals surface area contributed by atoms with Crippen molar-refractivity contribution in [2.75, 3.05) is 11.4 Å². The lowest BCUT2D eigenvalue weighted by molar-refractivity contribution is -0.125. The maximum absolute atomic E-state index is 13.2. The van der Waals surface area contributed by atoms with Crippen LogP contribution in [0, 0.1) is 12.7 Å². The summed E-state index contributed by atoms with van der Waals surface area (Å²) in [6.07, 6.45) is 1.27. The van der Waals surface area contributed by atoms with Crippen molar-refractivity contribution >= 4 is 17.5 Å². The molecular weight excluding hydrogens is 411 g/mol. The number of rotatable bonds is 6. The van der Waals surface area contributed by atoms with Crippen LogP contribution >= 0.6 is 0 Å². The summed E-state index contributed by atoms with van der Waals surface area (Å²) in [5.74, 6) is -0.00999. The summed E-state index contributed by atoms with van der Waals surface area (Å²) in [7, 11) is 0. The SMILES string of the molecule is Cc1c(C(C)NC(=O)CCN2C(=O)C(C)Oc3ccccc32)cnn1-c1ccc(F)cc1. The highest BCUT2D eigenvalue weighted by Crippen LogP contribution is 2.33. The van der Waals surface area contributed by atoms with Gasteiger partial charge in [-0.05, 0) is 57.2 Å². The van der Waals surface area contributed by atoms with Gasteiger partial charge in [0.25, 0.3) is 5.91 Å². The first-order chi connectivity index (χ1) is 15.3. The van der Waals surface area contributed by atoms with E-state index in [9.17, 15) is 14.0 Å². The average molecular weight is 436 g/mol. The molecule has 0 saturated heterocycles. The van der Waals surface area contributed by atoms with E-state index in [0.29, 0.717) is 11.4 Å². The van der Waals surface area contributed by atoms with Crippen LogP contribution in [0.4, 0.5) is 10.1 Å². The molecule has 2 amide bonds. The highest BCUT2D eigenvalue weighted by molar-refractivity contribution is 6.00. The minimum atomic E-state index is -0.591. The Kier molecular flexibility index (Phi) is 5.94. The Morgan fingerprint density at radius 2 is 1.94 bits per heavy atom. The molecule has 2 unspecified atom stereocenters. The molecule has 0 aliphatic carbocycles. The number of anilines is 1. The summed E-state index contributed by atoms with van der Waals surface area (Å²) in [5, 5.41) is 7.36. The van der Waals surface area contributed by atoms with E-state index in [-0.39, 0.29) is 36.6 Å². The third-order valence-corrected chi connectivity index (χ3v) is 5.60. The second kappa shape index (κ2) is 8.82. The van der Waals surface area contributed by atoms with E-state index >= 15 is 0 Å². The number of fused-ring (bicyclic) bond motifs is 1. The smallest absolute Gasteiger partial charge is 0.267 e. The van der Waals surface area contributed by atoms with Crippen molar-refractivity contribution in [1.82, 2.24) is 15.1 Å². The fourth-order valence-corrected chi connectivity index (χ4v) is 3.88. The molecule has 0 fully saturated rings. The van der Waals surface area contributed by atoms with Gasteiger partial charge in [-0.3, -0.25) is 9.59 Å². The monoisotopic (exact) mass is 436 g/mol. The summed E-state index contributed by atoms with van der Waals surface area (Å²) in [4.78, 5) is 26.8. The van der Waals surface area contributed by atoms with Gasteiger partial charge in [0.1, 0.15) is 11.6 Å². The van der Waals surface area contributed by atoms with Crippen LogP contribution in [0.5, 0.6) is 5.75 Å². The molecule has 0 saturated carbocycles. The first-order valence-corrected chi connectivity index (χ1v) is 10.5. The minimum absolute atomic E-state index is 0.155. The highest BCUT2D eigenvalue weighted by Gasteiger charge is 2.31. The third-order valence-electron chi connectivity index (χ3n) is 5.60. The van der Waals surface area contributed by atoms with Crippen LogP contribution in [-0.2, 0) is 9.59 Å². The van der Waals surface area contributed by atoms with Crippen molar-refractivity contribution < 1.29 is 18.7 Å². The molecular formula is C24H25FN4O3. The van der Waals surface area contributed by atoms with Gasteiger partial charge in [-0.1, -0.05) is 12.1 Å². The molecule has 1 N–H and O–H groups in total. The maximum atomic E-state index is 13.2. The zero-order valence-electron chi connectivity index (χ0n) is 18.2. The fourth-order valence-electron chi connectivity index (χ4n) is 3.88. The molecule has 32 heavy (non-hydrogen) atoms. The van der Waals surface area contributed by atoms with E-state index in [1.54, 1.807) is 34.8 Å². The van der Waals surface area contributed by atoms with Gasteiger partial charge in [0, 0.05) is 24.2 Å². The number of nitrogens with one attached hydrogen (secondary N) is 1. The van der Waals surface area contributed by atoms with Gasteiger partial charge >= 0.3 is 0 Å². The molecule has 0 bridgehead atoms. The summed E-state index contributed by atoms with van der Waals surface area (Å²) in [5.41, 5.74) is 3.14. The van der Waals surface area contributed by atoms with E-state index in [2.05, 4.69) is 10.4 Å². The first-order valence-electron chi connectivity index (χ1n) is 10.5. The Bertz CT molecular complexity index is 1140. The molecule has 0 spiro atoms. The van der Waals surface area contributed by atoms with Crippen molar-refractivity contribution in [3.8, 4) is 11.4 Å². The minimum Gasteiger partial charge on any atom is -0.479 e. The molecule has 7 nitrogen and oxygen atoms in total. The lowest BCUT2D eigenvalue weighted by atomic mass is 10.1. The topological polar surface area (TPSA) is 76.5 Å². The number of hydrogen-bond donors (Lipinski definition) is 1. The molecule has 0 radical (unpaired) electrons. The first kappa shape index (κ1) is 21.5. The predicted molar refractivity (Wildman–Crippen MR) is 118 cm³/mol. The Morgan fingerprint density at radius 3 is 2.69 bits per heavy atom. The molecule has 1 aliphatic heterocycles. The standard InChI is InChI=1S/C24H25FN4O3/c1-15(20-14-26-29(16(20)2)19-10-8-18(25)9-11-19)27-23(30)12-13-28-21-6-4-5-7-22(21)32-17(3)24(28)31/h4-11,14-15,17H,12-13H2,1-3H3,(H,27,30).